The van der Waals surface area contributed by atoms with Crippen LogP contribution in [0.15, 0.2) is 6.20 Å². The first kappa shape index (κ1) is 13.9. The Morgan fingerprint density at radius 1 is 1.59 bits per heavy atom. The third-order valence-corrected chi connectivity index (χ3v) is 3.00. The molecule has 0 aliphatic rings. The predicted molar refractivity (Wildman–Crippen MR) is 56.1 cm³/mol. The van der Waals surface area contributed by atoms with Crippen LogP contribution in [0.3, 0.4) is 0 Å². The van der Waals surface area contributed by atoms with Gasteiger partial charge in [0.15, 0.2) is 0 Å². The van der Waals surface area contributed by atoms with Gasteiger partial charge in [0.25, 0.3) is 0 Å². The zero-order valence-electron chi connectivity index (χ0n) is 9.18. The second-order valence-corrected chi connectivity index (χ2v) is 3.99. The van der Waals surface area contributed by atoms with Gasteiger partial charge in [-0.15, -0.1) is 0 Å². The lowest BCUT2D eigenvalue weighted by molar-refractivity contribution is -0.142. The van der Waals surface area contributed by atoms with E-state index in [-0.39, 0.29) is 12.1 Å². The highest BCUT2D eigenvalue weighted by molar-refractivity contribution is 6.32. The first-order valence-electron chi connectivity index (χ1n) is 4.87. The van der Waals surface area contributed by atoms with Crippen LogP contribution in [0.2, 0.25) is 5.02 Å². The van der Waals surface area contributed by atoms with Crippen molar-refractivity contribution in [2.75, 3.05) is 0 Å². The summed E-state index contributed by atoms with van der Waals surface area (Å²) in [5.41, 5.74) is -0.899. The maximum absolute atomic E-state index is 12.6. The first-order chi connectivity index (χ1) is 7.70. The number of nitrogens with zero attached hydrogens (tertiary/aromatic N) is 1. The van der Waals surface area contributed by atoms with Gasteiger partial charge in [-0.1, -0.05) is 18.5 Å². The van der Waals surface area contributed by atoms with E-state index >= 15 is 0 Å². The molecule has 1 atom stereocenters. The van der Waals surface area contributed by atoms with Gasteiger partial charge < -0.3 is 9.67 Å². The van der Waals surface area contributed by atoms with Crippen LogP contribution >= 0.6 is 11.6 Å². The third kappa shape index (κ3) is 2.57. The van der Waals surface area contributed by atoms with Gasteiger partial charge in [-0.2, -0.15) is 13.2 Å². The van der Waals surface area contributed by atoms with Gasteiger partial charge in [-0.25, -0.2) is 4.79 Å². The van der Waals surface area contributed by atoms with Crippen LogP contribution < -0.4 is 0 Å². The summed E-state index contributed by atoms with van der Waals surface area (Å²) >= 11 is 5.57. The maximum Gasteiger partial charge on any atom is 0.419 e. The molecule has 1 aromatic rings. The summed E-state index contributed by atoms with van der Waals surface area (Å²) in [6.07, 6.45) is -3.65. The SMILES string of the molecule is CCC(C(=O)O)n1cc(C(F)(F)F)c(Cl)c1C. The second-order valence-electron chi connectivity index (χ2n) is 3.61. The summed E-state index contributed by atoms with van der Waals surface area (Å²) in [6, 6.07) is -1.04. The van der Waals surface area contributed by atoms with E-state index in [2.05, 4.69) is 0 Å². The standard InChI is InChI=1S/C10H11ClF3NO2/c1-3-7(9(16)17)15-4-6(10(12,13)14)8(11)5(15)2/h4,7H,3H2,1-2H3,(H,16,17). The van der Waals surface area contributed by atoms with Crippen LogP contribution in [0.1, 0.15) is 30.6 Å². The molecule has 0 fully saturated rings. The van der Waals surface area contributed by atoms with Crippen molar-refractivity contribution in [1.29, 1.82) is 0 Å². The van der Waals surface area contributed by atoms with Crippen molar-refractivity contribution >= 4 is 17.6 Å². The molecule has 7 heteroatoms. The molecule has 0 aliphatic heterocycles. The molecule has 0 aromatic carbocycles. The molecule has 0 saturated heterocycles. The molecule has 1 heterocycles. The third-order valence-electron chi connectivity index (χ3n) is 2.52. The van der Waals surface area contributed by atoms with E-state index in [1.165, 1.54) is 6.92 Å². The van der Waals surface area contributed by atoms with E-state index in [1.807, 2.05) is 0 Å². The number of aromatic nitrogens is 1. The summed E-state index contributed by atoms with van der Waals surface area (Å²) < 4.78 is 38.7. The molecule has 0 bridgehead atoms. The molecule has 0 saturated carbocycles. The number of carbonyl (C=O) groups is 1. The summed E-state index contributed by atoms with van der Waals surface area (Å²) in [4.78, 5) is 10.9. The van der Waals surface area contributed by atoms with Crippen molar-refractivity contribution in [3.63, 3.8) is 0 Å². The normalized spacial score (nSPS) is 13.8. The fourth-order valence-electron chi connectivity index (χ4n) is 1.61. The van der Waals surface area contributed by atoms with Gasteiger partial charge in [-0.3, -0.25) is 0 Å². The van der Waals surface area contributed by atoms with Gasteiger partial charge in [0.2, 0.25) is 0 Å². The minimum absolute atomic E-state index is 0.105. The zero-order valence-corrected chi connectivity index (χ0v) is 9.93. The van der Waals surface area contributed by atoms with Crippen LogP contribution in [-0.2, 0) is 11.0 Å². The molecule has 1 aromatic heterocycles. The average Bonchev–Trinajstić information content (AvgIpc) is 2.46. The number of hydrogen-bond acceptors (Lipinski definition) is 1. The van der Waals surface area contributed by atoms with Crippen molar-refractivity contribution in [3.05, 3.63) is 22.5 Å². The summed E-state index contributed by atoms with van der Waals surface area (Å²) in [6.45, 7) is 2.95. The Morgan fingerprint density at radius 2 is 2.12 bits per heavy atom. The second kappa shape index (κ2) is 4.60. The van der Waals surface area contributed by atoms with Gasteiger partial charge >= 0.3 is 12.1 Å². The zero-order chi connectivity index (χ0) is 13.4. The Balaban J connectivity index is 3.33. The lowest BCUT2D eigenvalue weighted by Crippen LogP contribution is -2.18. The molecule has 0 aliphatic carbocycles. The van der Waals surface area contributed by atoms with E-state index < -0.39 is 28.8 Å². The van der Waals surface area contributed by atoms with Crippen molar-refractivity contribution in [2.24, 2.45) is 0 Å². The number of carboxylic acid groups (broad SMARTS) is 1. The van der Waals surface area contributed by atoms with Crippen molar-refractivity contribution in [3.8, 4) is 0 Å². The largest absolute Gasteiger partial charge is 0.480 e. The number of carboxylic acids is 1. The van der Waals surface area contributed by atoms with Gasteiger partial charge in [-0.05, 0) is 13.3 Å². The van der Waals surface area contributed by atoms with E-state index in [1.54, 1.807) is 6.92 Å². The lowest BCUT2D eigenvalue weighted by atomic mass is 10.2. The van der Waals surface area contributed by atoms with Crippen LogP contribution in [0.5, 0.6) is 0 Å². The summed E-state index contributed by atoms with van der Waals surface area (Å²) in [7, 11) is 0. The Kier molecular flexibility index (Phi) is 3.76. The van der Waals surface area contributed by atoms with Crippen LogP contribution in [0.25, 0.3) is 0 Å². The highest BCUT2D eigenvalue weighted by Gasteiger charge is 2.37. The Hall–Kier alpha value is -1.17. The van der Waals surface area contributed by atoms with Crippen LogP contribution in [-0.4, -0.2) is 15.6 Å². The van der Waals surface area contributed by atoms with Crippen molar-refractivity contribution in [2.45, 2.75) is 32.5 Å². The summed E-state index contributed by atoms with van der Waals surface area (Å²) in [5, 5.41) is 8.46. The molecule has 17 heavy (non-hydrogen) atoms. The van der Waals surface area contributed by atoms with Crippen LogP contribution in [0, 0.1) is 6.92 Å². The minimum atomic E-state index is -4.58. The molecule has 1 unspecified atom stereocenters. The Bertz CT molecular complexity index is 439. The number of alkyl halides is 3. The van der Waals surface area contributed by atoms with E-state index in [0.717, 1.165) is 10.8 Å². The average molecular weight is 270 g/mol. The topological polar surface area (TPSA) is 42.2 Å². The number of halogens is 4. The maximum atomic E-state index is 12.6. The van der Waals surface area contributed by atoms with Crippen molar-refractivity contribution in [1.82, 2.24) is 4.57 Å². The minimum Gasteiger partial charge on any atom is -0.480 e. The lowest BCUT2D eigenvalue weighted by Gasteiger charge is -2.14. The van der Waals surface area contributed by atoms with E-state index in [0.29, 0.717) is 0 Å². The summed E-state index contributed by atoms with van der Waals surface area (Å²) in [5.74, 6) is -1.18. The number of aliphatic carboxylic acids is 1. The molecule has 0 radical (unpaired) electrons. The fraction of sp³-hybridized carbons (Fsp3) is 0.500. The smallest absolute Gasteiger partial charge is 0.419 e. The fourth-order valence-corrected chi connectivity index (χ4v) is 1.87. The molecule has 96 valence electrons. The first-order valence-corrected chi connectivity index (χ1v) is 5.24. The number of rotatable bonds is 3. The van der Waals surface area contributed by atoms with Gasteiger partial charge in [0, 0.05) is 11.9 Å². The van der Waals surface area contributed by atoms with Crippen molar-refractivity contribution < 1.29 is 23.1 Å². The molecular formula is C10H11ClF3NO2. The Labute approximate surface area is 101 Å². The monoisotopic (exact) mass is 269 g/mol. The number of hydrogen-bond donors (Lipinski definition) is 1. The quantitative estimate of drug-likeness (QED) is 0.912. The van der Waals surface area contributed by atoms with E-state index in [4.69, 9.17) is 16.7 Å². The molecule has 0 spiro atoms. The molecule has 3 nitrogen and oxygen atoms in total. The van der Waals surface area contributed by atoms with Crippen LogP contribution in [0.4, 0.5) is 13.2 Å². The Morgan fingerprint density at radius 3 is 2.41 bits per heavy atom. The molecule has 0 amide bonds. The van der Waals surface area contributed by atoms with Gasteiger partial charge in [0.1, 0.15) is 6.04 Å². The van der Waals surface area contributed by atoms with Gasteiger partial charge in [0.05, 0.1) is 10.6 Å². The molecular weight excluding hydrogens is 259 g/mol. The highest BCUT2D eigenvalue weighted by atomic mass is 35.5. The predicted octanol–water partition coefficient (Wildman–Crippen LogP) is 3.50. The molecule has 1 N–H and O–H groups in total. The highest BCUT2D eigenvalue weighted by Crippen LogP contribution is 2.38. The molecule has 1 rings (SSSR count). The van der Waals surface area contributed by atoms with E-state index in [9.17, 15) is 18.0 Å².